The van der Waals surface area contributed by atoms with Crippen molar-refractivity contribution >= 4 is 27.3 Å². The van der Waals surface area contributed by atoms with E-state index in [1.807, 2.05) is 0 Å². The Morgan fingerprint density at radius 1 is 1.03 bits per heavy atom. The average molecular weight is 420 g/mol. The molecule has 0 saturated carbocycles. The molecule has 0 bridgehead atoms. The van der Waals surface area contributed by atoms with Crippen LogP contribution in [0.25, 0.3) is 4.96 Å². The minimum Gasteiger partial charge on any atom is -0.347 e. The van der Waals surface area contributed by atoms with Gasteiger partial charge in [-0.2, -0.15) is 9.50 Å². The lowest BCUT2D eigenvalue weighted by Gasteiger charge is -2.37. The van der Waals surface area contributed by atoms with Gasteiger partial charge >= 0.3 is 0 Å². The molecule has 0 aromatic carbocycles. The maximum atomic E-state index is 13.2. The van der Waals surface area contributed by atoms with Gasteiger partial charge in [0.1, 0.15) is 5.69 Å². The van der Waals surface area contributed by atoms with Crippen molar-refractivity contribution in [3.05, 3.63) is 22.1 Å². The lowest BCUT2D eigenvalue weighted by Crippen LogP contribution is -2.47. The molecule has 1 spiro atoms. The SMILES string of the molecule is O=C(c1cc(=O)nc2sc(N3CCCCCC3)nn12)N1CCC2(CC1)OCCO2. The van der Waals surface area contributed by atoms with Crippen LogP contribution in [0.2, 0.25) is 0 Å². The molecule has 9 nitrogen and oxygen atoms in total. The van der Waals surface area contributed by atoms with Gasteiger partial charge < -0.3 is 19.3 Å². The molecule has 5 heterocycles. The lowest BCUT2D eigenvalue weighted by molar-refractivity contribution is -0.181. The van der Waals surface area contributed by atoms with E-state index in [1.54, 1.807) is 9.42 Å². The fraction of sp³-hybridized carbons (Fsp3) is 0.684. The van der Waals surface area contributed by atoms with Crippen molar-refractivity contribution in [2.75, 3.05) is 44.3 Å². The number of hydrogen-bond donors (Lipinski definition) is 0. The standard InChI is InChI=1S/C19H25N5O4S/c25-15-13-14(16(26)22-9-5-19(6-10-22)27-11-12-28-19)24-17(20-15)29-18(21-24)23-7-3-1-2-4-8-23/h13H,1-12H2. The van der Waals surface area contributed by atoms with E-state index in [0.717, 1.165) is 31.1 Å². The van der Waals surface area contributed by atoms with Gasteiger partial charge in [-0.25, -0.2) is 0 Å². The molecular formula is C19H25N5O4S. The van der Waals surface area contributed by atoms with Crippen LogP contribution in [0.1, 0.15) is 49.0 Å². The van der Waals surface area contributed by atoms with Gasteiger partial charge in [0.05, 0.1) is 13.2 Å². The summed E-state index contributed by atoms with van der Waals surface area (Å²) in [6, 6.07) is 1.30. The number of anilines is 1. The number of piperidine rings is 1. The molecule has 0 atom stereocenters. The predicted octanol–water partition coefficient (Wildman–Crippen LogP) is 1.51. The summed E-state index contributed by atoms with van der Waals surface area (Å²) in [6.45, 7) is 4.16. The summed E-state index contributed by atoms with van der Waals surface area (Å²) in [6.07, 6.45) is 5.99. The van der Waals surface area contributed by atoms with Crippen LogP contribution in [-0.2, 0) is 9.47 Å². The summed E-state index contributed by atoms with van der Waals surface area (Å²) >= 11 is 1.38. The van der Waals surface area contributed by atoms with Crippen molar-refractivity contribution in [1.82, 2.24) is 19.5 Å². The number of carbonyl (C=O) groups is 1. The minimum atomic E-state index is -0.540. The monoisotopic (exact) mass is 419 g/mol. The van der Waals surface area contributed by atoms with Crippen molar-refractivity contribution in [1.29, 1.82) is 0 Å². The first kappa shape index (κ1) is 19.0. The quantitative estimate of drug-likeness (QED) is 0.729. The number of nitrogens with zero attached hydrogens (tertiary/aromatic N) is 5. The maximum Gasteiger partial charge on any atom is 0.274 e. The van der Waals surface area contributed by atoms with Crippen LogP contribution in [0.5, 0.6) is 0 Å². The summed E-state index contributed by atoms with van der Waals surface area (Å²) in [5, 5.41) is 5.49. The minimum absolute atomic E-state index is 0.194. The largest absolute Gasteiger partial charge is 0.347 e. The number of likely N-dealkylation sites (tertiary alicyclic amines) is 1. The van der Waals surface area contributed by atoms with Crippen LogP contribution in [0.15, 0.2) is 10.9 Å². The van der Waals surface area contributed by atoms with Crippen molar-refractivity contribution in [2.45, 2.75) is 44.3 Å². The van der Waals surface area contributed by atoms with E-state index < -0.39 is 11.3 Å². The fourth-order valence-electron chi connectivity index (χ4n) is 4.35. The van der Waals surface area contributed by atoms with Gasteiger partial charge in [-0.1, -0.05) is 24.2 Å². The smallest absolute Gasteiger partial charge is 0.274 e. The van der Waals surface area contributed by atoms with E-state index in [0.29, 0.717) is 44.1 Å². The highest BCUT2D eigenvalue weighted by molar-refractivity contribution is 7.20. The van der Waals surface area contributed by atoms with Crippen LogP contribution in [0.3, 0.4) is 0 Å². The molecule has 0 aliphatic carbocycles. The second kappa shape index (κ2) is 7.66. The zero-order valence-corrected chi connectivity index (χ0v) is 17.2. The molecule has 1 amide bonds. The van der Waals surface area contributed by atoms with Gasteiger partial charge in [-0.3, -0.25) is 9.59 Å². The van der Waals surface area contributed by atoms with Gasteiger partial charge in [0, 0.05) is 45.1 Å². The molecule has 3 saturated heterocycles. The normalized spacial score (nSPS) is 22.3. The average Bonchev–Trinajstić information content (AvgIpc) is 3.26. The number of hydrogen-bond acceptors (Lipinski definition) is 8. The number of ether oxygens (including phenoxy) is 2. The van der Waals surface area contributed by atoms with Gasteiger partial charge in [0.2, 0.25) is 10.1 Å². The number of carbonyl (C=O) groups excluding carboxylic acids is 1. The highest BCUT2D eigenvalue weighted by atomic mass is 32.1. The fourth-order valence-corrected chi connectivity index (χ4v) is 5.30. The van der Waals surface area contributed by atoms with Crippen molar-refractivity contribution in [2.24, 2.45) is 0 Å². The van der Waals surface area contributed by atoms with Gasteiger partial charge in [0.15, 0.2) is 5.79 Å². The van der Waals surface area contributed by atoms with Crippen LogP contribution >= 0.6 is 11.3 Å². The Kier molecular flexibility index (Phi) is 5.00. The Morgan fingerprint density at radius 3 is 2.41 bits per heavy atom. The number of amides is 1. The van der Waals surface area contributed by atoms with Gasteiger partial charge in [0.25, 0.3) is 11.5 Å². The molecule has 3 fully saturated rings. The second-order valence-electron chi connectivity index (χ2n) is 7.86. The third kappa shape index (κ3) is 3.64. The summed E-state index contributed by atoms with van der Waals surface area (Å²) in [5.41, 5.74) is -0.128. The maximum absolute atomic E-state index is 13.2. The Bertz CT molecular complexity index is 949. The Labute approximate surface area is 172 Å². The Morgan fingerprint density at radius 2 is 1.72 bits per heavy atom. The molecule has 0 unspecified atom stereocenters. The molecule has 0 radical (unpaired) electrons. The first-order valence-corrected chi connectivity index (χ1v) is 11.2. The van der Waals surface area contributed by atoms with Gasteiger partial charge in [-0.15, -0.1) is 5.10 Å². The topological polar surface area (TPSA) is 89.3 Å². The first-order chi connectivity index (χ1) is 14.1. The molecule has 29 heavy (non-hydrogen) atoms. The van der Waals surface area contributed by atoms with Crippen LogP contribution in [0, 0.1) is 0 Å². The lowest BCUT2D eigenvalue weighted by atomic mass is 10.0. The van der Waals surface area contributed by atoms with E-state index in [4.69, 9.17) is 9.47 Å². The third-order valence-electron chi connectivity index (χ3n) is 5.97. The van der Waals surface area contributed by atoms with Gasteiger partial charge in [-0.05, 0) is 12.8 Å². The second-order valence-corrected chi connectivity index (χ2v) is 8.79. The Hall–Kier alpha value is -2.04. The predicted molar refractivity (Wildman–Crippen MR) is 108 cm³/mol. The number of aromatic nitrogens is 3. The van der Waals surface area contributed by atoms with E-state index in [1.165, 1.54) is 30.2 Å². The molecule has 3 aliphatic heterocycles. The number of rotatable bonds is 2. The molecule has 156 valence electrons. The number of fused-ring (bicyclic) bond motifs is 1. The molecule has 2 aromatic rings. The highest BCUT2D eigenvalue weighted by Gasteiger charge is 2.41. The summed E-state index contributed by atoms with van der Waals surface area (Å²) in [4.78, 5) is 33.9. The Balaban J connectivity index is 1.41. The summed E-state index contributed by atoms with van der Waals surface area (Å²) in [5.74, 6) is -0.734. The van der Waals surface area contributed by atoms with Crippen LogP contribution in [0.4, 0.5) is 5.13 Å². The molecular weight excluding hydrogens is 394 g/mol. The molecule has 2 aromatic heterocycles. The first-order valence-electron chi connectivity index (χ1n) is 10.4. The molecule has 10 heteroatoms. The van der Waals surface area contributed by atoms with Crippen molar-refractivity contribution in [3.63, 3.8) is 0 Å². The van der Waals surface area contributed by atoms with E-state index in [2.05, 4.69) is 15.0 Å². The van der Waals surface area contributed by atoms with Crippen molar-refractivity contribution < 1.29 is 14.3 Å². The van der Waals surface area contributed by atoms with Crippen LogP contribution in [-0.4, -0.2) is 70.6 Å². The third-order valence-corrected chi connectivity index (χ3v) is 6.93. The highest BCUT2D eigenvalue weighted by Crippen LogP contribution is 2.32. The summed E-state index contributed by atoms with van der Waals surface area (Å²) in [7, 11) is 0. The van der Waals surface area contributed by atoms with Crippen molar-refractivity contribution in [3.8, 4) is 0 Å². The summed E-state index contributed by atoms with van der Waals surface area (Å²) < 4.78 is 13.0. The van der Waals surface area contributed by atoms with Crippen LogP contribution < -0.4 is 10.5 Å². The molecule has 5 rings (SSSR count). The zero-order chi connectivity index (χ0) is 19.8. The molecule has 3 aliphatic rings. The molecule has 0 N–H and O–H groups in total. The zero-order valence-electron chi connectivity index (χ0n) is 16.3. The van der Waals surface area contributed by atoms with E-state index >= 15 is 0 Å². The van der Waals surface area contributed by atoms with E-state index in [-0.39, 0.29) is 11.6 Å². The van der Waals surface area contributed by atoms with E-state index in [9.17, 15) is 9.59 Å².